The van der Waals surface area contributed by atoms with Gasteiger partial charge in [0.05, 0.1) is 5.52 Å². The van der Waals surface area contributed by atoms with Crippen molar-refractivity contribution < 1.29 is 13.2 Å². The first-order chi connectivity index (χ1) is 8.28. The Morgan fingerprint density at radius 3 is 2.67 bits per heavy atom. The molecule has 2 aromatic rings. The number of nitrogens with two attached hydrogens (primary N) is 1. The lowest BCUT2D eigenvalue weighted by molar-refractivity contribution is -0.108. The van der Waals surface area contributed by atoms with Gasteiger partial charge in [0.15, 0.2) is 5.58 Å². The summed E-state index contributed by atoms with van der Waals surface area (Å²) in [4.78, 5) is 13.4. The average Bonchev–Trinajstić information content (AvgIpc) is 2.67. The number of fused-ring (bicyclic) bond motifs is 1. The summed E-state index contributed by atoms with van der Waals surface area (Å²) in [5, 5.41) is 0. The lowest BCUT2D eigenvalue weighted by Crippen LogP contribution is -2.40. The summed E-state index contributed by atoms with van der Waals surface area (Å²) in [6.45, 7) is 2.63. The molecule has 0 aliphatic heterocycles. The molecule has 0 saturated carbocycles. The van der Waals surface area contributed by atoms with E-state index in [4.69, 9.17) is 10.2 Å². The molecular formula is C12H14F2N2O2. The van der Waals surface area contributed by atoms with Crippen LogP contribution < -0.4 is 11.5 Å². The molecule has 0 atom stereocenters. The number of rotatable bonds is 3. The highest BCUT2D eigenvalue weighted by atomic mass is 19.3. The summed E-state index contributed by atoms with van der Waals surface area (Å²) in [6.07, 6.45) is 0. The molecule has 4 nitrogen and oxygen atoms in total. The van der Waals surface area contributed by atoms with Crippen molar-refractivity contribution in [1.29, 1.82) is 0 Å². The molecule has 0 aliphatic rings. The van der Waals surface area contributed by atoms with Crippen LogP contribution in [0.2, 0.25) is 0 Å². The summed E-state index contributed by atoms with van der Waals surface area (Å²) < 4.78 is 33.3. The fourth-order valence-electron chi connectivity index (χ4n) is 1.66. The molecule has 0 fully saturated rings. The number of halogens is 2. The van der Waals surface area contributed by atoms with E-state index in [1.807, 2.05) is 0 Å². The smallest absolute Gasteiger partial charge is 0.408 e. The Bertz CT molecular complexity index is 628. The van der Waals surface area contributed by atoms with Crippen LogP contribution in [0.5, 0.6) is 0 Å². The summed E-state index contributed by atoms with van der Waals surface area (Å²) in [5.74, 6) is -3.77. The highest BCUT2D eigenvalue weighted by molar-refractivity contribution is 5.73. The molecule has 2 rings (SSSR count). The highest BCUT2D eigenvalue weighted by Crippen LogP contribution is 2.44. The van der Waals surface area contributed by atoms with E-state index in [1.165, 1.54) is 32.0 Å². The number of alkyl halides is 2. The largest absolute Gasteiger partial charge is 0.417 e. The third-order valence-corrected chi connectivity index (χ3v) is 3.14. The highest BCUT2D eigenvalue weighted by Gasteiger charge is 2.47. The molecule has 1 aromatic heterocycles. The Balaban J connectivity index is 2.57. The van der Waals surface area contributed by atoms with Crippen LogP contribution in [0.3, 0.4) is 0 Å². The van der Waals surface area contributed by atoms with Crippen LogP contribution in [0, 0.1) is 5.41 Å². The van der Waals surface area contributed by atoms with Gasteiger partial charge >= 0.3 is 5.76 Å². The number of aromatic amines is 1. The lowest BCUT2D eigenvalue weighted by Gasteiger charge is -2.33. The van der Waals surface area contributed by atoms with Gasteiger partial charge in [-0.2, -0.15) is 0 Å². The van der Waals surface area contributed by atoms with Crippen molar-refractivity contribution in [3.05, 3.63) is 34.3 Å². The Kier molecular flexibility index (Phi) is 2.77. The molecule has 0 radical (unpaired) electrons. The van der Waals surface area contributed by atoms with Crippen LogP contribution in [-0.2, 0) is 5.92 Å². The zero-order valence-corrected chi connectivity index (χ0v) is 10.1. The van der Waals surface area contributed by atoms with Gasteiger partial charge in [-0.3, -0.25) is 4.98 Å². The number of aromatic nitrogens is 1. The normalized spacial score (nSPS) is 13.2. The van der Waals surface area contributed by atoms with E-state index in [9.17, 15) is 13.6 Å². The summed E-state index contributed by atoms with van der Waals surface area (Å²) in [7, 11) is 0. The number of H-pyrrole nitrogens is 1. The number of nitrogens with one attached hydrogen (secondary N) is 1. The fourth-order valence-corrected chi connectivity index (χ4v) is 1.66. The first-order valence-corrected chi connectivity index (χ1v) is 5.49. The van der Waals surface area contributed by atoms with Gasteiger partial charge in [-0.15, -0.1) is 0 Å². The Morgan fingerprint density at radius 2 is 2.06 bits per heavy atom. The molecule has 1 heterocycles. The van der Waals surface area contributed by atoms with Crippen molar-refractivity contribution in [3.8, 4) is 0 Å². The number of hydrogen-bond acceptors (Lipinski definition) is 3. The van der Waals surface area contributed by atoms with Crippen LogP contribution in [0.1, 0.15) is 19.4 Å². The summed E-state index contributed by atoms with van der Waals surface area (Å²) in [5.41, 5.74) is 4.30. The molecule has 98 valence electrons. The lowest BCUT2D eigenvalue weighted by atomic mass is 9.81. The zero-order valence-electron chi connectivity index (χ0n) is 10.1. The SMILES string of the molecule is CC(C)(CN)C(F)(F)c1ccc2[nH]c(=O)oc2c1. The van der Waals surface area contributed by atoms with Gasteiger partial charge < -0.3 is 10.2 Å². The summed E-state index contributed by atoms with van der Waals surface area (Å²) >= 11 is 0. The summed E-state index contributed by atoms with van der Waals surface area (Å²) in [6, 6.07) is 3.84. The van der Waals surface area contributed by atoms with Gasteiger partial charge in [-0.05, 0) is 12.1 Å². The van der Waals surface area contributed by atoms with Crippen molar-refractivity contribution in [2.45, 2.75) is 19.8 Å². The maximum absolute atomic E-state index is 14.3. The first-order valence-electron chi connectivity index (χ1n) is 5.49. The zero-order chi connectivity index (χ0) is 13.6. The van der Waals surface area contributed by atoms with Crippen LogP contribution in [0.15, 0.2) is 27.4 Å². The van der Waals surface area contributed by atoms with E-state index in [-0.39, 0.29) is 17.7 Å². The number of hydrogen-bond donors (Lipinski definition) is 2. The predicted octanol–water partition coefficient (Wildman–Crippen LogP) is 2.20. The van der Waals surface area contributed by atoms with E-state index in [0.29, 0.717) is 5.52 Å². The van der Waals surface area contributed by atoms with Crippen molar-refractivity contribution in [2.75, 3.05) is 6.54 Å². The van der Waals surface area contributed by atoms with Crippen molar-refractivity contribution in [2.24, 2.45) is 11.1 Å². The molecular weight excluding hydrogens is 242 g/mol. The molecule has 6 heteroatoms. The van der Waals surface area contributed by atoms with Crippen LogP contribution in [-0.4, -0.2) is 11.5 Å². The van der Waals surface area contributed by atoms with Crippen LogP contribution in [0.25, 0.3) is 11.1 Å². The molecule has 1 aromatic carbocycles. The van der Waals surface area contributed by atoms with Gasteiger partial charge in [0.2, 0.25) is 0 Å². The van der Waals surface area contributed by atoms with E-state index in [0.717, 1.165) is 0 Å². The average molecular weight is 256 g/mol. The van der Waals surface area contributed by atoms with Gasteiger partial charge in [-0.25, -0.2) is 13.6 Å². The quantitative estimate of drug-likeness (QED) is 0.884. The van der Waals surface area contributed by atoms with Crippen LogP contribution in [0.4, 0.5) is 8.78 Å². The first kappa shape index (κ1) is 12.8. The van der Waals surface area contributed by atoms with Gasteiger partial charge in [0.25, 0.3) is 5.92 Å². The molecule has 18 heavy (non-hydrogen) atoms. The van der Waals surface area contributed by atoms with Crippen molar-refractivity contribution in [1.82, 2.24) is 4.98 Å². The minimum atomic E-state index is -3.11. The second-order valence-electron chi connectivity index (χ2n) is 4.89. The second-order valence-corrected chi connectivity index (χ2v) is 4.89. The third kappa shape index (κ3) is 1.82. The maximum Gasteiger partial charge on any atom is 0.417 e. The monoisotopic (exact) mass is 256 g/mol. The molecule has 0 amide bonds. The van der Waals surface area contributed by atoms with Gasteiger partial charge in [0.1, 0.15) is 0 Å². The maximum atomic E-state index is 14.3. The topological polar surface area (TPSA) is 72.0 Å². The molecule has 0 saturated heterocycles. The third-order valence-electron chi connectivity index (χ3n) is 3.14. The van der Waals surface area contributed by atoms with Crippen LogP contribution >= 0.6 is 0 Å². The standard InChI is InChI=1S/C12H14F2N2O2/c1-11(2,6-15)12(13,14)7-3-4-8-9(5-7)18-10(17)16-8/h3-5H,6,15H2,1-2H3,(H,16,17). The second kappa shape index (κ2) is 3.91. The van der Waals surface area contributed by atoms with Gasteiger partial charge in [-0.1, -0.05) is 19.9 Å². The fraction of sp³-hybridized carbons (Fsp3) is 0.417. The van der Waals surface area contributed by atoms with E-state index in [1.54, 1.807) is 0 Å². The Morgan fingerprint density at radius 1 is 1.39 bits per heavy atom. The Labute approximate surface area is 102 Å². The Hall–Kier alpha value is -1.69. The molecule has 0 spiro atoms. The molecule has 0 bridgehead atoms. The van der Waals surface area contributed by atoms with E-state index in [2.05, 4.69) is 4.98 Å². The van der Waals surface area contributed by atoms with E-state index >= 15 is 0 Å². The molecule has 0 unspecified atom stereocenters. The predicted molar refractivity (Wildman–Crippen MR) is 63.6 cm³/mol. The number of oxazole rings is 1. The van der Waals surface area contributed by atoms with E-state index < -0.39 is 17.1 Å². The molecule has 0 aliphatic carbocycles. The van der Waals surface area contributed by atoms with Gasteiger partial charge in [0, 0.05) is 17.5 Å². The minimum Gasteiger partial charge on any atom is -0.408 e. The number of benzene rings is 1. The molecule has 3 N–H and O–H groups in total. The van der Waals surface area contributed by atoms with Crippen molar-refractivity contribution >= 4 is 11.1 Å². The van der Waals surface area contributed by atoms with Crippen molar-refractivity contribution in [3.63, 3.8) is 0 Å². The minimum absolute atomic E-state index is 0.116.